The molecule has 150 valence electrons. The SMILES string of the molecule is NC1NNC2CC(c3ccc(NS(=O)(=O)c4cc(Br)ccc4Cl)cc3)CCC12. The summed E-state index contributed by atoms with van der Waals surface area (Å²) >= 11 is 9.35. The molecule has 0 bridgehead atoms. The molecule has 0 radical (unpaired) electrons. The standard InChI is InChI=1S/C19H22BrClN4O2S/c20-13-4-8-16(21)18(10-13)28(26,27)25-14-5-1-11(2-6-14)12-3-7-15-17(9-12)23-24-19(15)22/h1-2,4-6,8,10,12,15,17,19,23-25H,3,7,9,22H2. The molecule has 1 saturated heterocycles. The molecule has 1 aliphatic carbocycles. The summed E-state index contributed by atoms with van der Waals surface area (Å²) in [4.78, 5) is 0.0436. The van der Waals surface area contributed by atoms with Crippen molar-refractivity contribution in [2.45, 2.75) is 42.3 Å². The van der Waals surface area contributed by atoms with Gasteiger partial charge in [-0.15, -0.1) is 0 Å². The van der Waals surface area contributed by atoms with Gasteiger partial charge in [-0.2, -0.15) is 0 Å². The first-order valence-corrected chi connectivity index (χ1v) is 11.8. The topological polar surface area (TPSA) is 96.2 Å². The van der Waals surface area contributed by atoms with E-state index in [-0.39, 0.29) is 16.1 Å². The fourth-order valence-electron chi connectivity index (χ4n) is 4.12. The Kier molecular flexibility index (Phi) is 5.70. The summed E-state index contributed by atoms with van der Waals surface area (Å²) in [5, 5.41) is 0.181. The number of fused-ring (bicyclic) bond motifs is 1. The molecule has 2 aliphatic rings. The van der Waals surface area contributed by atoms with Crippen LogP contribution in [0.5, 0.6) is 0 Å². The van der Waals surface area contributed by atoms with Gasteiger partial charge in [0.25, 0.3) is 10.0 Å². The number of benzene rings is 2. The van der Waals surface area contributed by atoms with E-state index in [1.54, 1.807) is 24.3 Å². The molecule has 1 aliphatic heterocycles. The molecule has 2 fully saturated rings. The van der Waals surface area contributed by atoms with Gasteiger partial charge in [0.15, 0.2) is 0 Å². The molecule has 4 rings (SSSR count). The van der Waals surface area contributed by atoms with Crippen molar-refractivity contribution in [1.29, 1.82) is 0 Å². The molecule has 2 aromatic rings. The van der Waals surface area contributed by atoms with E-state index < -0.39 is 10.0 Å². The number of anilines is 1. The van der Waals surface area contributed by atoms with Crippen LogP contribution in [-0.4, -0.2) is 20.6 Å². The van der Waals surface area contributed by atoms with E-state index in [1.165, 1.54) is 11.6 Å². The van der Waals surface area contributed by atoms with Gasteiger partial charge in [0.2, 0.25) is 0 Å². The van der Waals surface area contributed by atoms with Gasteiger partial charge >= 0.3 is 0 Å². The predicted molar refractivity (Wildman–Crippen MR) is 115 cm³/mol. The third-order valence-corrected chi connectivity index (χ3v) is 7.97. The third kappa shape index (κ3) is 4.08. The van der Waals surface area contributed by atoms with Crippen LogP contribution in [0, 0.1) is 5.92 Å². The molecule has 4 atom stereocenters. The Morgan fingerprint density at radius 1 is 1.11 bits per heavy atom. The Hall–Kier alpha value is -1.16. The van der Waals surface area contributed by atoms with Crippen LogP contribution in [0.15, 0.2) is 51.8 Å². The van der Waals surface area contributed by atoms with Crippen LogP contribution in [0.25, 0.3) is 0 Å². The number of halogens is 2. The fraction of sp³-hybridized carbons (Fsp3) is 0.368. The third-order valence-electron chi connectivity index (χ3n) is 5.62. The van der Waals surface area contributed by atoms with E-state index in [4.69, 9.17) is 17.3 Å². The first kappa shape index (κ1) is 20.1. The van der Waals surface area contributed by atoms with Crippen molar-refractivity contribution in [1.82, 2.24) is 10.9 Å². The highest BCUT2D eigenvalue weighted by molar-refractivity contribution is 9.10. The van der Waals surface area contributed by atoms with Crippen molar-refractivity contribution in [3.05, 3.63) is 57.5 Å². The van der Waals surface area contributed by atoms with Gasteiger partial charge in [-0.3, -0.25) is 10.1 Å². The maximum Gasteiger partial charge on any atom is 0.263 e. The second-order valence-corrected chi connectivity index (χ2v) is 10.4. The summed E-state index contributed by atoms with van der Waals surface area (Å²) in [6, 6.07) is 12.7. The van der Waals surface area contributed by atoms with E-state index in [0.29, 0.717) is 28.0 Å². The number of rotatable bonds is 4. The minimum atomic E-state index is -3.77. The Morgan fingerprint density at radius 3 is 2.61 bits per heavy atom. The maximum absolute atomic E-state index is 12.7. The number of sulfonamides is 1. The van der Waals surface area contributed by atoms with Gasteiger partial charge in [0.05, 0.1) is 11.2 Å². The second kappa shape index (κ2) is 7.93. The Morgan fingerprint density at radius 2 is 1.86 bits per heavy atom. The highest BCUT2D eigenvalue weighted by Gasteiger charge is 2.38. The van der Waals surface area contributed by atoms with Gasteiger partial charge < -0.3 is 5.73 Å². The van der Waals surface area contributed by atoms with Crippen molar-refractivity contribution in [2.75, 3.05) is 4.72 Å². The first-order chi connectivity index (χ1) is 13.3. The van der Waals surface area contributed by atoms with E-state index in [1.807, 2.05) is 12.1 Å². The van der Waals surface area contributed by atoms with Crippen molar-refractivity contribution in [3.8, 4) is 0 Å². The van der Waals surface area contributed by atoms with E-state index in [2.05, 4.69) is 31.5 Å². The summed E-state index contributed by atoms with van der Waals surface area (Å²) in [6.07, 6.45) is 3.19. The van der Waals surface area contributed by atoms with E-state index >= 15 is 0 Å². The molecule has 28 heavy (non-hydrogen) atoms. The summed E-state index contributed by atoms with van der Waals surface area (Å²) in [5.74, 6) is 0.906. The molecule has 6 nitrogen and oxygen atoms in total. The average Bonchev–Trinajstić information content (AvgIpc) is 3.04. The smallest absolute Gasteiger partial charge is 0.263 e. The highest BCUT2D eigenvalue weighted by Crippen LogP contribution is 2.38. The largest absolute Gasteiger partial charge is 0.315 e. The van der Waals surface area contributed by atoms with E-state index in [0.717, 1.165) is 19.3 Å². The van der Waals surface area contributed by atoms with Gasteiger partial charge in [0.1, 0.15) is 4.90 Å². The lowest BCUT2D eigenvalue weighted by Gasteiger charge is -2.32. The Balaban J connectivity index is 1.47. The van der Waals surface area contributed by atoms with Crippen molar-refractivity contribution in [3.63, 3.8) is 0 Å². The highest BCUT2D eigenvalue weighted by atomic mass is 79.9. The summed E-state index contributed by atoms with van der Waals surface area (Å²) in [5.41, 5.74) is 14.2. The lowest BCUT2D eigenvalue weighted by atomic mass is 9.75. The van der Waals surface area contributed by atoms with Crippen LogP contribution in [0.3, 0.4) is 0 Å². The van der Waals surface area contributed by atoms with Crippen molar-refractivity contribution >= 4 is 43.2 Å². The zero-order valence-electron chi connectivity index (χ0n) is 15.0. The molecule has 4 unspecified atom stereocenters. The Labute approximate surface area is 178 Å². The molecule has 1 heterocycles. The molecule has 5 N–H and O–H groups in total. The fourth-order valence-corrected chi connectivity index (χ4v) is 6.22. The molecule has 0 amide bonds. The number of nitrogens with one attached hydrogen (secondary N) is 3. The van der Waals surface area contributed by atoms with Gasteiger partial charge in [-0.1, -0.05) is 39.7 Å². The number of hydrogen-bond donors (Lipinski definition) is 4. The van der Waals surface area contributed by atoms with Crippen LogP contribution in [0.2, 0.25) is 5.02 Å². The molecular formula is C19H22BrClN4O2S. The molecule has 0 aromatic heterocycles. The molecule has 9 heteroatoms. The first-order valence-electron chi connectivity index (χ1n) is 9.18. The van der Waals surface area contributed by atoms with Crippen LogP contribution in [0.4, 0.5) is 5.69 Å². The second-order valence-electron chi connectivity index (χ2n) is 7.40. The van der Waals surface area contributed by atoms with Crippen molar-refractivity contribution < 1.29 is 8.42 Å². The number of hydrazine groups is 1. The Bertz CT molecular complexity index is 970. The lowest BCUT2D eigenvalue weighted by Crippen LogP contribution is -2.39. The molecular weight excluding hydrogens is 464 g/mol. The van der Waals surface area contributed by atoms with E-state index in [9.17, 15) is 8.42 Å². The average molecular weight is 486 g/mol. The predicted octanol–water partition coefficient (Wildman–Crippen LogP) is 3.55. The summed E-state index contributed by atoms with van der Waals surface area (Å²) in [7, 11) is -3.77. The minimum absolute atomic E-state index is 0.0209. The van der Waals surface area contributed by atoms with Crippen LogP contribution < -0.4 is 21.3 Å². The van der Waals surface area contributed by atoms with Gasteiger partial charge in [-0.05, 0) is 61.1 Å². The van der Waals surface area contributed by atoms with Crippen LogP contribution in [-0.2, 0) is 10.0 Å². The zero-order chi connectivity index (χ0) is 19.9. The monoisotopic (exact) mass is 484 g/mol. The number of nitrogens with two attached hydrogens (primary N) is 1. The lowest BCUT2D eigenvalue weighted by molar-refractivity contribution is 0.281. The molecule has 2 aromatic carbocycles. The summed E-state index contributed by atoms with van der Waals surface area (Å²) in [6.45, 7) is 0. The summed E-state index contributed by atoms with van der Waals surface area (Å²) < 4.78 is 28.6. The van der Waals surface area contributed by atoms with Gasteiger partial charge in [0, 0.05) is 22.1 Å². The zero-order valence-corrected chi connectivity index (χ0v) is 18.2. The quantitative estimate of drug-likeness (QED) is 0.531. The van der Waals surface area contributed by atoms with Crippen molar-refractivity contribution in [2.24, 2.45) is 11.7 Å². The van der Waals surface area contributed by atoms with Gasteiger partial charge in [-0.25, -0.2) is 13.8 Å². The van der Waals surface area contributed by atoms with Crippen LogP contribution >= 0.6 is 27.5 Å². The van der Waals surface area contributed by atoms with Crippen LogP contribution in [0.1, 0.15) is 30.7 Å². The maximum atomic E-state index is 12.7. The molecule has 0 spiro atoms. The number of hydrogen-bond acceptors (Lipinski definition) is 5. The normalized spacial score (nSPS) is 27.4. The molecule has 1 saturated carbocycles. The minimum Gasteiger partial charge on any atom is -0.315 e.